The SMILES string of the molecule is Cc1ccc2c3ccccc3n(C)c2c1C(C)C. The molecule has 0 saturated carbocycles. The summed E-state index contributed by atoms with van der Waals surface area (Å²) < 4.78 is 2.34. The summed E-state index contributed by atoms with van der Waals surface area (Å²) in [6.45, 7) is 6.77. The van der Waals surface area contributed by atoms with E-state index in [1.807, 2.05) is 0 Å². The van der Waals surface area contributed by atoms with Gasteiger partial charge in [0.2, 0.25) is 0 Å². The lowest BCUT2D eigenvalue weighted by Crippen LogP contribution is -1.97. The van der Waals surface area contributed by atoms with Crippen LogP contribution in [0.25, 0.3) is 21.8 Å². The lowest BCUT2D eigenvalue weighted by atomic mass is 9.95. The van der Waals surface area contributed by atoms with Crippen molar-refractivity contribution in [1.82, 2.24) is 4.57 Å². The quantitative estimate of drug-likeness (QED) is 0.575. The predicted molar refractivity (Wildman–Crippen MR) is 79.3 cm³/mol. The van der Waals surface area contributed by atoms with Gasteiger partial charge in [0.15, 0.2) is 0 Å². The van der Waals surface area contributed by atoms with E-state index >= 15 is 0 Å². The third-order valence-corrected chi connectivity index (χ3v) is 3.90. The van der Waals surface area contributed by atoms with Crippen molar-refractivity contribution in [3.63, 3.8) is 0 Å². The van der Waals surface area contributed by atoms with Gasteiger partial charge in [-0.25, -0.2) is 0 Å². The number of hydrogen-bond acceptors (Lipinski definition) is 0. The molecule has 0 saturated heterocycles. The van der Waals surface area contributed by atoms with Crippen molar-refractivity contribution in [2.45, 2.75) is 26.7 Å². The molecular formula is C17H19N. The largest absolute Gasteiger partial charge is 0.343 e. The van der Waals surface area contributed by atoms with Gasteiger partial charge in [0, 0.05) is 23.3 Å². The van der Waals surface area contributed by atoms with Crippen LogP contribution in [-0.4, -0.2) is 4.57 Å². The molecule has 1 nitrogen and oxygen atoms in total. The maximum atomic E-state index is 2.34. The van der Waals surface area contributed by atoms with Crippen molar-refractivity contribution in [3.05, 3.63) is 47.5 Å². The van der Waals surface area contributed by atoms with Crippen LogP contribution in [0.3, 0.4) is 0 Å². The Bertz CT molecular complexity index is 732. The lowest BCUT2D eigenvalue weighted by molar-refractivity contribution is 0.852. The molecule has 0 bridgehead atoms. The zero-order chi connectivity index (χ0) is 12.9. The summed E-state index contributed by atoms with van der Waals surface area (Å²) in [6.07, 6.45) is 0. The first-order valence-corrected chi connectivity index (χ1v) is 6.58. The van der Waals surface area contributed by atoms with Crippen molar-refractivity contribution in [1.29, 1.82) is 0 Å². The molecular weight excluding hydrogens is 218 g/mol. The number of benzene rings is 2. The molecule has 0 spiro atoms. The van der Waals surface area contributed by atoms with Gasteiger partial charge in [-0.3, -0.25) is 0 Å². The van der Waals surface area contributed by atoms with Gasteiger partial charge in [-0.2, -0.15) is 0 Å². The lowest BCUT2D eigenvalue weighted by Gasteiger charge is -2.13. The Morgan fingerprint density at radius 3 is 2.39 bits per heavy atom. The van der Waals surface area contributed by atoms with Gasteiger partial charge in [0.25, 0.3) is 0 Å². The molecule has 0 unspecified atom stereocenters. The van der Waals surface area contributed by atoms with E-state index < -0.39 is 0 Å². The normalized spacial score (nSPS) is 11.8. The topological polar surface area (TPSA) is 4.93 Å². The molecule has 18 heavy (non-hydrogen) atoms. The Balaban J connectivity index is 2.59. The van der Waals surface area contributed by atoms with Crippen molar-refractivity contribution in [3.8, 4) is 0 Å². The molecule has 2 aromatic carbocycles. The molecule has 0 fully saturated rings. The molecule has 0 aliphatic rings. The minimum atomic E-state index is 0.553. The van der Waals surface area contributed by atoms with Gasteiger partial charge < -0.3 is 4.57 Å². The van der Waals surface area contributed by atoms with E-state index in [1.54, 1.807) is 0 Å². The summed E-state index contributed by atoms with van der Waals surface area (Å²) in [6, 6.07) is 13.2. The number of para-hydroxylation sites is 1. The number of aryl methyl sites for hydroxylation is 2. The fourth-order valence-corrected chi connectivity index (χ4v) is 3.13. The average molecular weight is 237 g/mol. The fourth-order valence-electron chi connectivity index (χ4n) is 3.13. The highest BCUT2D eigenvalue weighted by atomic mass is 14.9. The van der Waals surface area contributed by atoms with Gasteiger partial charge >= 0.3 is 0 Å². The first-order valence-electron chi connectivity index (χ1n) is 6.58. The van der Waals surface area contributed by atoms with Gasteiger partial charge in [-0.15, -0.1) is 0 Å². The number of hydrogen-bond donors (Lipinski definition) is 0. The number of aromatic nitrogens is 1. The maximum absolute atomic E-state index is 2.34. The summed E-state index contributed by atoms with van der Waals surface area (Å²) >= 11 is 0. The monoisotopic (exact) mass is 237 g/mol. The Kier molecular flexibility index (Phi) is 2.44. The second kappa shape index (κ2) is 3.88. The second-order valence-corrected chi connectivity index (χ2v) is 5.42. The zero-order valence-corrected chi connectivity index (χ0v) is 11.5. The predicted octanol–water partition coefficient (Wildman–Crippen LogP) is 4.76. The van der Waals surface area contributed by atoms with E-state index in [0.717, 1.165) is 0 Å². The van der Waals surface area contributed by atoms with Gasteiger partial charge in [-0.1, -0.05) is 44.2 Å². The molecule has 0 aliphatic carbocycles. The first kappa shape index (κ1) is 11.3. The van der Waals surface area contributed by atoms with Crippen LogP contribution >= 0.6 is 0 Å². The van der Waals surface area contributed by atoms with Crippen molar-refractivity contribution in [2.75, 3.05) is 0 Å². The van der Waals surface area contributed by atoms with E-state index in [-0.39, 0.29) is 0 Å². The molecule has 1 heterocycles. The molecule has 3 rings (SSSR count). The Labute approximate surface area is 108 Å². The third kappa shape index (κ3) is 1.40. The summed E-state index contributed by atoms with van der Waals surface area (Å²) in [5, 5.41) is 2.74. The molecule has 0 amide bonds. The van der Waals surface area contributed by atoms with Gasteiger partial charge in [-0.05, 0) is 30.0 Å². The zero-order valence-electron chi connectivity index (χ0n) is 11.5. The first-order chi connectivity index (χ1) is 8.61. The van der Waals surface area contributed by atoms with Gasteiger partial charge in [0.05, 0.1) is 5.52 Å². The van der Waals surface area contributed by atoms with Crippen molar-refractivity contribution in [2.24, 2.45) is 7.05 Å². The Morgan fingerprint density at radius 2 is 1.67 bits per heavy atom. The van der Waals surface area contributed by atoms with Crippen LogP contribution in [0.1, 0.15) is 30.9 Å². The van der Waals surface area contributed by atoms with Crippen LogP contribution in [0.15, 0.2) is 36.4 Å². The van der Waals surface area contributed by atoms with Crippen LogP contribution in [0.5, 0.6) is 0 Å². The molecule has 0 radical (unpaired) electrons. The minimum absolute atomic E-state index is 0.553. The molecule has 0 N–H and O–H groups in total. The van der Waals surface area contributed by atoms with Crippen molar-refractivity contribution < 1.29 is 0 Å². The standard InChI is InChI=1S/C17H19N/c1-11(2)16-12(3)9-10-14-13-7-5-6-8-15(13)18(4)17(14)16/h5-11H,1-4H3. The third-order valence-electron chi connectivity index (χ3n) is 3.90. The summed E-state index contributed by atoms with van der Waals surface area (Å²) in [5.74, 6) is 0.553. The summed E-state index contributed by atoms with van der Waals surface area (Å²) in [7, 11) is 2.18. The minimum Gasteiger partial charge on any atom is -0.343 e. The second-order valence-electron chi connectivity index (χ2n) is 5.42. The van der Waals surface area contributed by atoms with E-state index in [4.69, 9.17) is 0 Å². The number of fused-ring (bicyclic) bond motifs is 3. The van der Waals surface area contributed by atoms with Crippen LogP contribution in [0, 0.1) is 6.92 Å². The smallest absolute Gasteiger partial charge is 0.0526 e. The van der Waals surface area contributed by atoms with Gasteiger partial charge in [0.1, 0.15) is 0 Å². The molecule has 0 atom stereocenters. The maximum Gasteiger partial charge on any atom is 0.0526 e. The highest BCUT2D eigenvalue weighted by molar-refractivity contribution is 6.09. The van der Waals surface area contributed by atoms with Crippen molar-refractivity contribution >= 4 is 21.8 Å². The Hall–Kier alpha value is -1.76. The van der Waals surface area contributed by atoms with Crippen LogP contribution in [0.4, 0.5) is 0 Å². The summed E-state index contributed by atoms with van der Waals surface area (Å²) in [4.78, 5) is 0. The fraction of sp³-hybridized carbons (Fsp3) is 0.294. The number of rotatable bonds is 1. The number of nitrogens with zero attached hydrogens (tertiary/aromatic N) is 1. The van der Waals surface area contributed by atoms with E-state index in [0.29, 0.717) is 5.92 Å². The van der Waals surface area contributed by atoms with Crippen LogP contribution in [0.2, 0.25) is 0 Å². The molecule has 0 aliphatic heterocycles. The average Bonchev–Trinajstić information content (AvgIpc) is 2.63. The molecule has 3 aromatic rings. The van der Waals surface area contributed by atoms with E-state index in [2.05, 4.69) is 68.8 Å². The highest BCUT2D eigenvalue weighted by Crippen LogP contribution is 2.34. The summed E-state index contributed by atoms with van der Waals surface area (Å²) in [5.41, 5.74) is 5.58. The van der Waals surface area contributed by atoms with Crippen LogP contribution in [-0.2, 0) is 7.05 Å². The molecule has 1 aromatic heterocycles. The Morgan fingerprint density at radius 1 is 0.944 bits per heavy atom. The van der Waals surface area contributed by atoms with Crippen LogP contribution < -0.4 is 0 Å². The van der Waals surface area contributed by atoms with E-state index in [9.17, 15) is 0 Å². The van der Waals surface area contributed by atoms with E-state index in [1.165, 1.54) is 32.9 Å². The molecule has 92 valence electrons. The molecule has 1 heteroatoms. The highest BCUT2D eigenvalue weighted by Gasteiger charge is 2.15.